The Morgan fingerprint density at radius 2 is 1.50 bits per heavy atom. The van der Waals surface area contributed by atoms with Crippen LogP contribution in [-0.4, -0.2) is 35.8 Å². The molecule has 0 spiro atoms. The molecule has 0 aliphatic carbocycles. The number of carbonyl (C=O) groups excluding carboxylic acids is 2. The average molecular weight is 482 g/mol. The second-order valence-corrected chi connectivity index (χ2v) is 8.47. The Kier molecular flexibility index (Phi) is 10.3. The van der Waals surface area contributed by atoms with E-state index >= 15 is 0 Å². The number of nitrogens with one attached hydrogen (secondary N) is 1. The van der Waals surface area contributed by atoms with Crippen LogP contribution in [0.15, 0.2) is 89.8 Å². The number of anilines is 1. The fraction of sp³-hybridized carbons (Fsp3) is 0.231. The van der Waals surface area contributed by atoms with Gasteiger partial charge in [-0.25, -0.2) is 9.59 Å². The number of hydrogen-bond donors (Lipinski definition) is 2. The zero-order valence-electron chi connectivity index (χ0n) is 18.6. The minimum atomic E-state index is -0.892. The van der Waals surface area contributed by atoms with E-state index in [1.165, 1.54) is 0 Å². The van der Waals surface area contributed by atoms with E-state index < -0.39 is 18.4 Å². The molecule has 2 N–H and O–H groups in total. The first-order valence-corrected chi connectivity index (χ1v) is 11.8. The maximum absolute atomic E-state index is 12.1. The quantitative estimate of drug-likeness (QED) is 0.271. The van der Waals surface area contributed by atoms with Gasteiger partial charge in [-0.1, -0.05) is 66.7 Å². The first kappa shape index (κ1) is 25.1. The fourth-order valence-corrected chi connectivity index (χ4v) is 3.87. The van der Waals surface area contributed by atoms with Crippen LogP contribution in [0.1, 0.15) is 17.5 Å². The third kappa shape index (κ3) is 9.17. The van der Waals surface area contributed by atoms with E-state index in [2.05, 4.69) is 5.32 Å². The molecule has 1 amide bonds. The number of hydrogen-bond acceptors (Lipinski definition) is 7. The second kappa shape index (κ2) is 13.9. The lowest BCUT2D eigenvalue weighted by Gasteiger charge is -2.13. The average Bonchev–Trinajstić information content (AvgIpc) is 2.87. The fourth-order valence-electron chi connectivity index (χ4n) is 2.89. The molecule has 34 heavy (non-hydrogen) atoms. The predicted molar refractivity (Wildman–Crippen MR) is 131 cm³/mol. The molecule has 8 heteroatoms. The minimum absolute atomic E-state index is 0.103. The number of aliphatic hydroxyl groups excluding tert-OH is 1. The number of ether oxygens (including phenoxy) is 3. The van der Waals surface area contributed by atoms with Crippen LogP contribution < -0.4 is 5.32 Å². The number of amides is 1. The van der Waals surface area contributed by atoms with Gasteiger partial charge in [0.2, 0.25) is 0 Å². The van der Waals surface area contributed by atoms with Gasteiger partial charge in [0.05, 0.1) is 11.8 Å². The van der Waals surface area contributed by atoms with Gasteiger partial charge in [-0.3, -0.25) is 5.32 Å². The predicted octanol–water partition coefficient (Wildman–Crippen LogP) is 5.63. The largest absolute Gasteiger partial charge is 0.508 e. The lowest BCUT2D eigenvalue weighted by molar-refractivity contribution is 0.0149. The molecule has 0 heterocycles. The van der Waals surface area contributed by atoms with Crippen molar-refractivity contribution in [2.24, 2.45) is 0 Å². The molecule has 3 aromatic rings. The van der Waals surface area contributed by atoms with Crippen molar-refractivity contribution in [3.63, 3.8) is 0 Å². The van der Waals surface area contributed by atoms with Gasteiger partial charge >= 0.3 is 12.2 Å². The van der Waals surface area contributed by atoms with E-state index in [4.69, 9.17) is 14.2 Å². The molecule has 0 fully saturated rings. The molecular weight excluding hydrogens is 454 g/mol. The monoisotopic (exact) mass is 481 g/mol. The Balaban J connectivity index is 1.36. The molecule has 0 bridgehead atoms. The topological polar surface area (TPSA) is 94.1 Å². The summed E-state index contributed by atoms with van der Waals surface area (Å²) in [4.78, 5) is 25.2. The van der Waals surface area contributed by atoms with E-state index in [0.29, 0.717) is 23.4 Å². The summed E-state index contributed by atoms with van der Waals surface area (Å²) in [6.45, 7) is -0.113. The summed E-state index contributed by atoms with van der Waals surface area (Å²) >= 11 is 1.62. The highest BCUT2D eigenvalue weighted by Gasteiger charge is 2.13. The van der Waals surface area contributed by atoms with Gasteiger partial charge in [0.25, 0.3) is 0 Å². The summed E-state index contributed by atoms with van der Waals surface area (Å²) < 4.78 is 15.4. The smallest absolute Gasteiger partial charge is 0.444 e. The zero-order valence-corrected chi connectivity index (χ0v) is 19.4. The molecule has 178 valence electrons. The molecule has 1 atom stereocenters. The number of carbonyl (C=O) groups is 2. The highest BCUT2D eigenvalue weighted by Crippen LogP contribution is 2.19. The van der Waals surface area contributed by atoms with Crippen LogP contribution in [0.3, 0.4) is 0 Å². The van der Waals surface area contributed by atoms with Gasteiger partial charge in [0.1, 0.15) is 19.8 Å². The molecule has 7 nitrogen and oxygen atoms in total. The second-order valence-electron chi connectivity index (χ2n) is 7.30. The lowest BCUT2D eigenvalue weighted by Crippen LogP contribution is -2.20. The maximum Gasteiger partial charge on any atom is 0.508 e. The van der Waals surface area contributed by atoms with Gasteiger partial charge in [0.15, 0.2) is 0 Å². The molecular formula is C26H27NO6S. The SMILES string of the molecule is O=C(Nc1ccccc1COC(=O)OCC(O)CCSc1ccccc1)OCc1ccccc1. The van der Waals surface area contributed by atoms with Crippen LogP contribution in [0.4, 0.5) is 15.3 Å². The molecule has 3 rings (SSSR count). The number of thioether (sulfide) groups is 1. The summed E-state index contributed by atoms with van der Waals surface area (Å²) in [5.74, 6) is 0.697. The van der Waals surface area contributed by atoms with Gasteiger partial charge in [-0.2, -0.15) is 0 Å². The van der Waals surface area contributed by atoms with Crippen molar-refractivity contribution in [2.45, 2.75) is 30.6 Å². The standard InChI is InChI=1S/C26H27NO6S/c28-22(15-16-34-23-12-5-2-6-13-23)19-33-26(30)32-18-21-11-7-8-14-24(21)27-25(29)31-17-20-9-3-1-4-10-20/h1-14,22,28H,15-19H2,(H,27,29). The van der Waals surface area contributed by atoms with Gasteiger partial charge in [-0.15, -0.1) is 11.8 Å². The normalized spacial score (nSPS) is 11.3. The highest BCUT2D eigenvalue weighted by molar-refractivity contribution is 7.99. The summed E-state index contributed by atoms with van der Waals surface area (Å²) in [7, 11) is 0. The van der Waals surface area contributed by atoms with Crippen molar-refractivity contribution in [3.8, 4) is 0 Å². The molecule has 0 radical (unpaired) electrons. The Morgan fingerprint density at radius 3 is 2.26 bits per heavy atom. The van der Waals surface area contributed by atoms with Crippen LogP contribution >= 0.6 is 11.8 Å². The van der Waals surface area contributed by atoms with Crippen LogP contribution in [0.2, 0.25) is 0 Å². The molecule has 0 aliphatic heterocycles. The maximum atomic E-state index is 12.1. The summed E-state index contributed by atoms with van der Waals surface area (Å²) in [5.41, 5.74) is 1.92. The molecule has 0 saturated carbocycles. The summed E-state index contributed by atoms with van der Waals surface area (Å²) in [5, 5.41) is 12.7. The van der Waals surface area contributed by atoms with E-state index in [0.717, 1.165) is 10.5 Å². The lowest BCUT2D eigenvalue weighted by atomic mass is 10.2. The first-order chi connectivity index (χ1) is 16.6. The third-order valence-corrected chi connectivity index (χ3v) is 5.71. The van der Waals surface area contributed by atoms with E-state index in [-0.39, 0.29) is 19.8 Å². The van der Waals surface area contributed by atoms with Gasteiger partial charge in [-0.05, 0) is 30.2 Å². The van der Waals surface area contributed by atoms with Gasteiger partial charge in [0, 0.05) is 16.2 Å². The van der Waals surface area contributed by atoms with E-state index in [1.54, 1.807) is 36.0 Å². The van der Waals surface area contributed by atoms with Crippen molar-refractivity contribution in [1.29, 1.82) is 0 Å². The number of rotatable bonds is 11. The number of aliphatic hydroxyl groups is 1. The van der Waals surface area contributed by atoms with Crippen LogP contribution in [0.5, 0.6) is 0 Å². The highest BCUT2D eigenvalue weighted by atomic mass is 32.2. The van der Waals surface area contributed by atoms with Crippen LogP contribution in [0.25, 0.3) is 0 Å². The Labute approximate surface area is 203 Å². The Morgan fingerprint density at radius 1 is 0.824 bits per heavy atom. The third-order valence-electron chi connectivity index (χ3n) is 4.67. The Bertz CT molecular complexity index is 1030. The van der Waals surface area contributed by atoms with Crippen molar-refractivity contribution in [1.82, 2.24) is 0 Å². The van der Waals surface area contributed by atoms with E-state index in [9.17, 15) is 14.7 Å². The van der Waals surface area contributed by atoms with Crippen LogP contribution in [0, 0.1) is 0 Å². The van der Waals surface area contributed by atoms with Gasteiger partial charge < -0.3 is 19.3 Å². The molecule has 0 saturated heterocycles. The number of benzene rings is 3. The summed E-state index contributed by atoms with van der Waals surface area (Å²) in [6.07, 6.45) is -1.81. The van der Waals surface area contributed by atoms with Crippen LogP contribution in [-0.2, 0) is 27.4 Å². The van der Waals surface area contributed by atoms with Crippen molar-refractivity contribution < 1.29 is 28.9 Å². The summed E-state index contributed by atoms with van der Waals surface area (Å²) in [6, 6.07) is 26.1. The molecule has 1 unspecified atom stereocenters. The van der Waals surface area contributed by atoms with Crippen molar-refractivity contribution in [2.75, 3.05) is 17.7 Å². The minimum Gasteiger partial charge on any atom is -0.444 e. The van der Waals surface area contributed by atoms with Crippen molar-refractivity contribution in [3.05, 3.63) is 96.1 Å². The van der Waals surface area contributed by atoms with Crippen molar-refractivity contribution >= 4 is 29.7 Å². The molecule has 3 aromatic carbocycles. The Hall–Kier alpha value is -3.49. The molecule has 0 aliphatic rings. The molecule has 0 aromatic heterocycles. The number of para-hydroxylation sites is 1. The first-order valence-electron chi connectivity index (χ1n) is 10.8. The van der Waals surface area contributed by atoms with E-state index in [1.807, 2.05) is 60.7 Å². The zero-order chi connectivity index (χ0) is 24.0.